The number of nitrogens with two attached hydrogens (primary N) is 4. The van der Waals surface area contributed by atoms with Gasteiger partial charge in [0.25, 0.3) is 0 Å². The molecule has 3 unspecified atom stereocenters. The maximum Gasteiger partial charge on any atom is 0.231 e. The van der Waals surface area contributed by atoms with Crippen LogP contribution in [0.1, 0.15) is 43.2 Å². The van der Waals surface area contributed by atoms with E-state index in [1.807, 2.05) is 36.4 Å². The fraction of sp³-hybridized carbons (Fsp3) is 0.406. The van der Waals surface area contributed by atoms with Crippen LogP contribution in [0.3, 0.4) is 0 Å². The highest BCUT2D eigenvalue weighted by Crippen LogP contribution is 2.33. The number of ether oxygens (including phenoxy) is 1. The topological polar surface area (TPSA) is 217 Å². The molecule has 3 aromatic rings. The Balaban J connectivity index is 1.27. The molecule has 1 aromatic heterocycles. The van der Waals surface area contributed by atoms with E-state index >= 15 is 4.39 Å². The second kappa shape index (κ2) is 14.9. The van der Waals surface area contributed by atoms with Crippen molar-refractivity contribution >= 4 is 35.4 Å². The lowest BCUT2D eigenvalue weighted by Gasteiger charge is -2.25. The molecule has 2 heterocycles. The quantitative estimate of drug-likeness (QED) is 0.0923. The number of nitrogens with one attached hydrogen (secondary N) is 1. The average molecular weight is 654 g/mol. The summed E-state index contributed by atoms with van der Waals surface area (Å²) < 4.78 is 21.3. The maximum atomic E-state index is 15.2. The second-order valence-electron chi connectivity index (χ2n) is 11.9. The van der Waals surface area contributed by atoms with Crippen molar-refractivity contribution in [1.82, 2.24) is 4.98 Å². The van der Waals surface area contributed by atoms with Crippen molar-refractivity contribution in [3.05, 3.63) is 75.1 Å². The van der Waals surface area contributed by atoms with E-state index in [0.717, 1.165) is 36.3 Å². The number of nitrogens with zero attached hydrogens (tertiary/aromatic N) is 4. The summed E-state index contributed by atoms with van der Waals surface area (Å²) in [6.07, 6.45) is 6.20. The minimum Gasteiger partial charge on any atom is -0.372 e. The molecule has 5 rings (SSSR count). The SMILES string of the molecule is NC(N)=NCCC(CN=C(N)N)OCc1ccc(N2C=c3cc(-c4cc(CCCC([NH3+])C5CC5)cc(Cl)c4F)[nH]c3=NC2O)cc1. The van der Waals surface area contributed by atoms with Crippen molar-refractivity contribution < 1.29 is 20.0 Å². The van der Waals surface area contributed by atoms with Gasteiger partial charge in [-0.15, -0.1) is 0 Å². The molecule has 2 aliphatic rings. The number of benzene rings is 2. The Morgan fingerprint density at radius 1 is 1.09 bits per heavy atom. The molecular weight excluding hydrogens is 611 g/mol. The Labute approximate surface area is 271 Å². The number of quaternary nitrogens is 1. The number of aliphatic hydroxyl groups is 1. The van der Waals surface area contributed by atoms with Crippen LogP contribution < -0.4 is 44.3 Å². The van der Waals surface area contributed by atoms with Crippen molar-refractivity contribution in [2.75, 3.05) is 18.0 Å². The Bertz CT molecular complexity index is 1680. The van der Waals surface area contributed by atoms with Gasteiger partial charge in [-0.2, -0.15) is 0 Å². The summed E-state index contributed by atoms with van der Waals surface area (Å²) in [4.78, 5) is 17.3. The summed E-state index contributed by atoms with van der Waals surface area (Å²) in [6.45, 7) is 0.956. The molecule has 1 aliphatic carbocycles. The molecule has 2 aromatic carbocycles. The smallest absolute Gasteiger partial charge is 0.231 e. The third-order valence-electron chi connectivity index (χ3n) is 8.25. The van der Waals surface area contributed by atoms with Crippen molar-refractivity contribution in [3.63, 3.8) is 0 Å². The minimum atomic E-state index is -1.18. The van der Waals surface area contributed by atoms with Crippen molar-refractivity contribution in [2.45, 2.75) is 63.6 Å². The van der Waals surface area contributed by atoms with E-state index in [4.69, 9.17) is 39.3 Å². The number of rotatable bonds is 15. The van der Waals surface area contributed by atoms with Crippen LogP contribution in [-0.4, -0.2) is 53.6 Å². The van der Waals surface area contributed by atoms with Gasteiger partial charge in [-0.3, -0.25) is 9.98 Å². The predicted octanol–water partition coefficient (Wildman–Crippen LogP) is 0.793. The Morgan fingerprint density at radius 3 is 2.52 bits per heavy atom. The number of anilines is 1. The molecule has 1 fully saturated rings. The molecule has 12 nitrogen and oxygen atoms in total. The summed E-state index contributed by atoms with van der Waals surface area (Å²) in [5.74, 6) is 0.243. The lowest BCUT2D eigenvalue weighted by atomic mass is 10.00. The predicted molar refractivity (Wildman–Crippen MR) is 178 cm³/mol. The van der Waals surface area contributed by atoms with Crippen LogP contribution in [-0.2, 0) is 17.8 Å². The van der Waals surface area contributed by atoms with Gasteiger partial charge in [0.05, 0.1) is 36.0 Å². The van der Waals surface area contributed by atoms with Gasteiger partial charge >= 0.3 is 0 Å². The third kappa shape index (κ3) is 8.75. The molecule has 13 N–H and O–H groups in total. The number of aliphatic hydroxyl groups excluding tert-OH is 1. The summed E-state index contributed by atoms with van der Waals surface area (Å²) >= 11 is 6.32. The van der Waals surface area contributed by atoms with Crippen molar-refractivity contribution in [3.8, 4) is 11.3 Å². The average Bonchev–Trinajstić information content (AvgIpc) is 3.79. The first-order valence-electron chi connectivity index (χ1n) is 15.4. The van der Waals surface area contributed by atoms with Gasteiger partial charge in [0.1, 0.15) is 5.49 Å². The second-order valence-corrected chi connectivity index (χ2v) is 12.3. The Hall–Kier alpha value is -4.17. The fourth-order valence-corrected chi connectivity index (χ4v) is 5.76. The van der Waals surface area contributed by atoms with E-state index in [2.05, 4.69) is 25.7 Å². The highest BCUT2D eigenvalue weighted by molar-refractivity contribution is 6.31. The van der Waals surface area contributed by atoms with Crippen LogP contribution in [0.2, 0.25) is 5.02 Å². The summed E-state index contributed by atoms with van der Waals surface area (Å²) in [5.41, 5.74) is 30.0. The molecule has 0 saturated heterocycles. The zero-order valence-electron chi connectivity index (χ0n) is 25.7. The molecule has 246 valence electrons. The number of aryl methyl sites for hydroxylation is 1. The normalized spacial score (nSPS) is 17.0. The molecule has 3 atom stereocenters. The van der Waals surface area contributed by atoms with Gasteiger partial charge in [0, 0.05) is 35.1 Å². The van der Waals surface area contributed by atoms with Gasteiger partial charge in [0.2, 0.25) is 6.35 Å². The zero-order valence-corrected chi connectivity index (χ0v) is 26.5. The largest absolute Gasteiger partial charge is 0.372 e. The number of aromatic amines is 1. The molecule has 46 heavy (non-hydrogen) atoms. The van der Waals surface area contributed by atoms with E-state index in [9.17, 15) is 5.11 Å². The summed E-state index contributed by atoms with van der Waals surface area (Å²) in [5, 5.41) is 11.7. The molecule has 1 saturated carbocycles. The first-order valence-corrected chi connectivity index (χ1v) is 15.8. The number of H-pyrrole nitrogens is 1. The number of hydrogen-bond donors (Lipinski definition) is 7. The highest BCUT2D eigenvalue weighted by Gasteiger charge is 2.30. The van der Waals surface area contributed by atoms with E-state index in [1.165, 1.54) is 12.8 Å². The van der Waals surface area contributed by atoms with Crippen LogP contribution in [0, 0.1) is 11.7 Å². The van der Waals surface area contributed by atoms with Crippen LogP contribution >= 0.6 is 11.6 Å². The zero-order chi connectivity index (χ0) is 32.8. The molecule has 0 amide bonds. The maximum absolute atomic E-state index is 15.2. The molecule has 0 spiro atoms. The van der Waals surface area contributed by atoms with E-state index < -0.39 is 12.2 Å². The number of guanidine groups is 2. The number of halogens is 2. The van der Waals surface area contributed by atoms with Crippen LogP contribution in [0.5, 0.6) is 0 Å². The van der Waals surface area contributed by atoms with Gasteiger partial charge in [-0.25, -0.2) is 9.38 Å². The number of aromatic nitrogens is 1. The fourth-order valence-electron chi connectivity index (χ4n) is 5.52. The number of hydrogen-bond acceptors (Lipinski definition) is 6. The van der Waals surface area contributed by atoms with Crippen LogP contribution in [0.4, 0.5) is 10.1 Å². The highest BCUT2D eigenvalue weighted by atomic mass is 35.5. The summed E-state index contributed by atoms with van der Waals surface area (Å²) in [7, 11) is 0. The summed E-state index contributed by atoms with van der Waals surface area (Å²) in [6, 6.07) is 13.3. The van der Waals surface area contributed by atoms with Crippen LogP contribution in [0.25, 0.3) is 17.5 Å². The lowest BCUT2D eigenvalue weighted by molar-refractivity contribution is -0.427. The standard InChI is InChI=1S/C32H42ClFN10O2/c33-25-13-19(2-1-3-26(35)20-6-7-20)12-24(28(25)34)27-14-21-16-44(32(45)43-29(21)42-27)22-8-4-18(5-9-22)17-46-23(15-41-31(38)39)10-11-40-30(36)37/h4-5,8-9,12-14,16,20,23,26,32,45H,1-3,6-7,10-11,15,17,35H2,(H,42,43)(H4,36,37,40)(H4,38,39,41)/p+1. The van der Waals surface area contributed by atoms with Gasteiger partial charge in [-0.1, -0.05) is 23.7 Å². The van der Waals surface area contributed by atoms with Gasteiger partial charge in [-0.05, 0) is 80.0 Å². The minimum absolute atomic E-state index is 0.00541. The monoisotopic (exact) mass is 653 g/mol. The number of fused-ring (bicyclic) bond motifs is 1. The van der Waals surface area contributed by atoms with Crippen molar-refractivity contribution in [2.24, 2.45) is 43.8 Å². The molecule has 1 aliphatic heterocycles. The first-order chi connectivity index (χ1) is 22.1. The van der Waals surface area contributed by atoms with Crippen LogP contribution in [0.15, 0.2) is 57.4 Å². The van der Waals surface area contributed by atoms with E-state index in [-0.39, 0.29) is 29.6 Å². The molecule has 0 bridgehead atoms. The first kappa shape index (κ1) is 33.2. The molecule has 0 radical (unpaired) electrons. The molecule has 14 heteroatoms. The Kier molecular flexibility index (Phi) is 10.8. The van der Waals surface area contributed by atoms with Crippen molar-refractivity contribution in [1.29, 1.82) is 0 Å². The van der Waals surface area contributed by atoms with E-state index in [0.29, 0.717) is 53.3 Å². The number of aliphatic imine (C=N–C) groups is 2. The van der Waals surface area contributed by atoms with E-state index in [1.54, 1.807) is 17.2 Å². The van der Waals surface area contributed by atoms with Gasteiger partial charge in [0.15, 0.2) is 17.7 Å². The lowest BCUT2D eigenvalue weighted by Crippen LogP contribution is -2.62. The van der Waals surface area contributed by atoms with Gasteiger partial charge < -0.3 is 48.4 Å². The Morgan fingerprint density at radius 2 is 1.83 bits per heavy atom. The third-order valence-corrected chi connectivity index (χ3v) is 8.52. The molecular formula is C32H43ClFN10O2+.